The van der Waals surface area contributed by atoms with Crippen molar-refractivity contribution in [3.63, 3.8) is 0 Å². The van der Waals surface area contributed by atoms with E-state index in [1.807, 2.05) is 53.5 Å². The molecule has 2 saturated carbocycles. The smallest absolute Gasteiger partial charge is 0.289 e. The summed E-state index contributed by atoms with van der Waals surface area (Å²) in [6.07, 6.45) is 12.6. The molecular weight excluding hydrogens is 743 g/mol. The van der Waals surface area contributed by atoms with Gasteiger partial charge in [0.1, 0.15) is 29.5 Å². The number of likely N-dealkylation sites (N-methyl/N-ethyl adjacent to an activating group) is 2. The number of aromatic nitrogens is 2. The van der Waals surface area contributed by atoms with Crippen LogP contribution in [0.2, 0.25) is 0 Å². The fourth-order valence-corrected chi connectivity index (χ4v) is 8.26. The van der Waals surface area contributed by atoms with Crippen LogP contribution in [-0.2, 0) is 28.8 Å². The van der Waals surface area contributed by atoms with Gasteiger partial charge in [0, 0.05) is 37.9 Å². The maximum Gasteiger partial charge on any atom is 0.289 e. The first-order valence-corrected chi connectivity index (χ1v) is 21.2. The highest BCUT2D eigenvalue weighted by Gasteiger charge is 2.56. The van der Waals surface area contributed by atoms with E-state index in [1.165, 1.54) is 23.5 Å². The van der Waals surface area contributed by atoms with Gasteiger partial charge in [-0.1, -0.05) is 67.2 Å². The van der Waals surface area contributed by atoms with Crippen LogP contribution in [0, 0.1) is 17.3 Å². The number of nitrogens with one attached hydrogen (secondary N) is 4. The minimum absolute atomic E-state index is 0.0257. The summed E-state index contributed by atoms with van der Waals surface area (Å²) in [6.45, 7) is 13.9. The van der Waals surface area contributed by atoms with Gasteiger partial charge in [0.05, 0.1) is 18.8 Å². The van der Waals surface area contributed by atoms with Crippen LogP contribution in [0.1, 0.15) is 130 Å². The Hall–Kier alpha value is -4.47. The fourth-order valence-electron chi connectivity index (χ4n) is 8.26. The molecule has 0 aromatic carbocycles. The molecule has 6 amide bonds. The summed E-state index contributed by atoms with van der Waals surface area (Å²) in [6, 6.07) is -4.52. The third-order valence-corrected chi connectivity index (χ3v) is 11.8. The molecule has 0 bridgehead atoms. The molecule has 4 rings (SSSR count). The highest BCUT2D eigenvalue weighted by molar-refractivity contribution is 6.38. The number of unbranched alkanes of at least 4 members (excludes halogenated alkanes) is 1. The van der Waals surface area contributed by atoms with Gasteiger partial charge in [0.25, 0.3) is 11.8 Å². The number of hydrogen-bond donors (Lipinski definition) is 4. The molecule has 3 fully saturated rings. The minimum atomic E-state index is -1.17. The Morgan fingerprint density at radius 3 is 2.22 bits per heavy atom. The Labute approximate surface area is 343 Å². The number of carbonyl (C=O) groups excluding carboxylic acids is 7. The summed E-state index contributed by atoms with van der Waals surface area (Å²) in [5.41, 5.74) is -1.93. The molecule has 322 valence electrons. The first-order valence-electron chi connectivity index (χ1n) is 21.2. The Kier molecular flexibility index (Phi) is 16.3. The molecular formula is C42H67N9O7. The van der Waals surface area contributed by atoms with Gasteiger partial charge >= 0.3 is 0 Å². The van der Waals surface area contributed by atoms with Gasteiger partial charge in [0.15, 0.2) is 0 Å². The third kappa shape index (κ3) is 11.6. The number of nitrogens with zero attached hydrogens (tertiary/aromatic N) is 5. The van der Waals surface area contributed by atoms with Gasteiger partial charge in [-0.05, 0) is 69.7 Å². The lowest BCUT2D eigenvalue weighted by Crippen LogP contribution is -2.63. The van der Waals surface area contributed by atoms with E-state index >= 15 is 4.79 Å². The second-order valence-electron chi connectivity index (χ2n) is 17.9. The van der Waals surface area contributed by atoms with Gasteiger partial charge in [-0.2, -0.15) is 0 Å². The molecule has 2 unspecified atom stereocenters. The van der Waals surface area contributed by atoms with Crippen molar-refractivity contribution >= 4 is 41.7 Å². The SMILES string of the molecule is CCCCN(C)C1(N(C=O)CC)C[C@@H](C(=O)NC(CC(C)C)C(=O)C(=O)NC2CC2)N(C(=O)[C@@H](NC(=O)[C@@H](NC(=O)c2cnccn2)C2CCCCC2)C(C)(C)C)C1. The summed E-state index contributed by atoms with van der Waals surface area (Å²) in [4.78, 5) is 110. The standard InChI is InChI=1S/C42H67N9O7/c1-9-11-21-49(8)42(50(10-2)26-52)23-32(37(55)46-30(22-27(3)4)34(53)39(57)45-29-17-18-29)51(25-42)40(58)35(41(5,6)7)48-38(56)33(28-15-13-12-14-16-28)47-36(54)31-24-43-19-20-44-31/h19-20,24,26-30,32-33,35H,9-18,21-23,25H2,1-8H3,(H,45,57)(H,46,55)(H,47,54)(H,48,56)/t30?,32-,33-,35+,42?/m0/s1. The number of likely N-dealkylation sites (tertiary alicyclic amines) is 1. The zero-order valence-corrected chi connectivity index (χ0v) is 35.8. The number of amides is 6. The van der Waals surface area contributed by atoms with Crippen molar-refractivity contribution in [2.75, 3.05) is 26.7 Å². The molecule has 2 heterocycles. The maximum atomic E-state index is 15.2. The first kappa shape index (κ1) is 46.2. The van der Waals surface area contributed by atoms with Crippen LogP contribution in [-0.4, -0.2) is 129 Å². The van der Waals surface area contributed by atoms with E-state index in [1.54, 1.807) is 4.90 Å². The van der Waals surface area contributed by atoms with Crippen molar-refractivity contribution in [3.05, 3.63) is 24.3 Å². The number of ketones is 1. The topological polar surface area (TPSA) is 203 Å². The van der Waals surface area contributed by atoms with Gasteiger partial charge in [-0.25, -0.2) is 4.98 Å². The quantitative estimate of drug-likeness (QED) is 0.0862. The second-order valence-corrected chi connectivity index (χ2v) is 17.9. The summed E-state index contributed by atoms with van der Waals surface area (Å²) in [5.74, 6) is -4.01. The molecule has 5 atom stereocenters. The molecule has 16 heteroatoms. The number of hydrogen-bond acceptors (Lipinski definition) is 10. The highest BCUT2D eigenvalue weighted by atomic mass is 16.2. The summed E-state index contributed by atoms with van der Waals surface area (Å²) in [5, 5.41) is 11.5. The van der Waals surface area contributed by atoms with Gasteiger partial charge in [-0.15, -0.1) is 0 Å². The van der Waals surface area contributed by atoms with Crippen molar-refractivity contribution in [1.82, 2.24) is 45.9 Å². The Balaban J connectivity index is 1.73. The van der Waals surface area contributed by atoms with Crippen molar-refractivity contribution in [2.24, 2.45) is 17.3 Å². The predicted molar refractivity (Wildman–Crippen MR) is 218 cm³/mol. The van der Waals surface area contributed by atoms with Crippen LogP contribution < -0.4 is 21.3 Å². The average Bonchev–Trinajstić information content (AvgIpc) is 3.92. The lowest BCUT2D eigenvalue weighted by Gasteiger charge is -2.45. The second kappa shape index (κ2) is 20.5. The van der Waals surface area contributed by atoms with Crippen LogP contribution in [0.15, 0.2) is 18.6 Å². The van der Waals surface area contributed by atoms with Crippen molar-refractivity contribution in [3.8, 4) is 0 Å². The molecule has 4 N–H and O–H groups in total. The van der Waals surface area contributed by atoms with E-state index < -0.39 is 70.6 Å². The normalized spacial score (nSPS) is 21.5. The van der Waals surface area contributed by atoms with E-state index in [4.69, 9.17) is 0 Å². The molecule has 1 aliphatic heterocycles. The summed E-state index contributed by atoms with van der Waals surface area (Å²) >= 11 is 0. The van der Waals surface area contributed by atoms with E-state index in [2.05, 4.69) is 38.2 Å². The molecule has 1 saturated heterocycles. The van der Waals surface area contributed by atoms with Gasteiger partial charge < -0.3 is 31.1 Å². The molecule has 2 aliphatic carbocycles. The number of carbonyl (C=O) groups is 7. The number of Topliss-reactive ketones (excluding diaryl/α,β-unsaturated/α-hetero) is 1. The fraction of sp³-hybridized carbons (Fsp3) is 0.738. The Morgan fingerprint density at radius 1 is 0.983 bits per heavy atom. The van der Waals surface area contributed by atoms with E-state index in [9.17, 15) is 28.8 Å². The van der Waals surface area contributed by atoms with E-state index in [-0.39, 0.29) is 43.0 Å². The molecule has 0 radical (unpaired) electrons. The van der Waals surface area contributed by atoms with Crippen LogP contribution >= 0.6 is 0 Å². The molecule has 16 nitrogen and oxygen atoms in total. The molecule has 0 spiro atoms. The van der Waals surface area contributed by atoms with Crippen molar-refractivity contribution in [2.45, 2.75) is 155 Å². The lowest BCUT2D eigenvalue weighted by molar-refractivity contribution is -0.146. The number of rotatable bonds is 20. The molecule has 58 heavy (non-hydrogen) atoms. The monoisotopic (exact) mass is 810 g/mol. The summed E-state index contributed by atoms with van der Waals surface area (Å²) in [7, 11) is 1.87. The van der Waals surface area contributed by atoms with E-state index in [0.717, 1.165) is 51.4 Å². The van der Waals surface area contributed by atoms with Gasteiger partial charge in [-0.3, -0.25) is 43.4 Å². The summed E-state index contributed by atoms with van der Waals surface area (Å²) < 4.78 is 0. The van der Waals surface area contributed by atoms with Crippen LogP contribution in [0.5, 0.6) is 0 Å². The third-order valence-electron chi connectivity index (χ3n) is 11.8. The zero-order chi connectivity index (χ0) is 42.8. The minimum Gasteiger partial charge on any atom is -0.347 e. The van der Waals surface area contributed by atoms with Crippen molar-refractivity contribution < 1.29 is 33.6 Å². The first-order chi connectivity index (χ1) is 27.5. The highest BCUT2D eigenvalue weighted by Crippen LogP contribution is 2.37. The lowest BCUT2D eigenvalue weighted by atomic mass is 9.82. The molecule has 1 aromatic heterocycles. The van der Waals surface area contributed by atoms with Crippen LogP contribution in [0.25, 0.3) is 0 Å². The largest absolute Gasteiger partial charge is 0.347 e. The average molecular weight is 810 g/mol. The zero-order valence-electron chi connectivity index (χ0n) is 35.8. The predicted octanol–water partition coefficient (Wildman–Crippen LogP) is 2.57. The Bertz CT molecular complexity index is 1610. The Morgan fingerprint density at radius 2 is 1.67 bits per heavy atom. The molecule has 1 aromatic rings. The molecule has 3 aliphatic rings. The van der Waals surface area contributed by atoms with E-state index in [0.29, 0.717) is 25.9 Å². The van der Waals surface area contributed by atoms with Gasteiger partial charge in [0.2, 0.25) is 29.9 Å². The van der Waals surface area contributed by atoms with Crippen LogP contribution in [0.3, 0.4) is 0 Å². The van der Waals surface area contributed by atoms with Crippen LogP contribution in [0.4, 0.5) is 0 Å². The van der Waals surface area contributed by atoms with Crippen molar-refractivity contribution in [1.29, 1.82) is 0 Å². The maximum absolute atomic E-state index is 15.2.